The van der Waals surface area contributed by atoms with Crippen LogP contribution in [0.15, 0.2) is 30.6 Å². The van der Waals surface area contributed by atoms with Gasteiger partial charge in [-0.2, -0.15) is 4.98 Å². The first-order valence-corrected chi connectivity index (χ1v) is 6.50. The predicted octanol–water partition coefficient (Wildman–Crippen LogP) is 1.95. The molecule has 106 valence electrons. The Morgan fingerprint density at radius 3 is 2.80 bits per heavy atom. The van der Waals surface area contributed by atoms with Gasteiger partial charge in [0.2, 0.25) is 11.8 Å². The minimum Gasteiger partial charge on any atom is -0.481 e. The Morgan fingerprint density at radius 2 is 2.05 bits per heavy atom. The van der Waals surface area contributed by atoms with E-state index in [2.05, 4.69) is 38.2 Å². The molecular formula is C14H19N5O. The molecule has 0 bridgehead atoms. The standard InChI is InChI=1S/C14H19N5O/c1-4-19(2)12-9-11(5-7-15-12)10-17-14-16-8-6-13(18-14)20-3/h5-9H,4,10H2,1-3H3,(H,16,17,18). The highest BCUT2D eigenvalue weighted by molar-refractivity contribution is 5.41. The van der Waals surface area contributed by atoms with Crippen molar-refractivity contribution in [1.29, 1.82) is 0 Å². The third-order valence-electron chi connectivity index (χ3n) is 2.97. The molecule has 0 saturated heterocycles. The van der Waals surface area contributed by atoms with Gasteiger partial charge < -0.3 is 15.0 Å². The fourth-order valence-electron chi connectivity index (χ4n) is 1.66. The number of rotatable bonds is 6. The highest BCUT2D eigenvalue weighted by Crippen LogP contribution is 2.13. The zero-order chi connectivity index (χ0) is 14.4. The third kappa shape index (κ3) is 3.57. The van der Waals surface area contributed by atoms with E-state index in [9.17, 15) is 0 Å². The summed E-state index contributed by atoms with van der Waals surface area (Å²) in [5, 5.41) is 3.17. The number of pyridine rings is 1. The highest BCUT2D eigenvalue weighted by Gasteiger charge is 2.03. The van der Waals surface area contributed by atoms with E-state index in [0.29, 0.717) is 18.4 Å². The van der Waals surface area contributed by atoms with Gasteiger partial charge in [0.1, 0.15) is 5.82 Å². The Kier molecular flexibility index (Phi) is 4.70. The van der Waals surface area contributed by atoms with Crippen LogP contribution in [0.2, 0.25) is 0 Å². The SMILES string of the molecule is CCN(C)c1cc(CNc2nccc(OC)n2)ccn1. The highest BCUT2D eigenvalue weighted by atomic mass is 16.5. The van der Waals surface area contributed by atoms with Gasteiger partial charge in [-0.1, -0.05) is 0 Å². The predicted molar refractivity (Wildman–Crippen MR) is 79.1 cm³/mol. The number of nitrogens with zero attached hydrogens (tertiary/aromatic N) is 4. The average molecular weight is 273 g/mol. The summed E-state index contributed by atoms with van der Waals surface area (Å²) in [7, 11) is 3.60. The quantitative estimate of drug-likeness (QED) is 0.868. The van der Waals surface area contributed by atoms with Gasteiger partial charge in [0, 0.05) is 38.6 Å². The van der Waals surface area contributed by atoms with Crippen LogP contribution in [0.3, 0.4) is 0 Å². The molecule has 2 aromatic rings. The molecular weight excluding hydrogens is 254 g/mol. The van der Waals surface area contributed by atoms with Crippen LogP contribution in [0.5, 0.6) is 5.88 Å². The fourth-order valence-corrected chi connectivity index (χ4v) is 1.66. The normalized spacial score (nSPS) is 10.2. The second-order valence-corrected chi connectivity index (χ2v) is 4.31. The number of ether oxygens (including phenoxy) is 1. The number of hydrogen-bond acceptors (Lipinski definition) is 6. The molecule has 0 aliphatic rings. The molecule has 0 aliphatic heterocycles. The molecule has 0 spiro atoms. The topological polar surface area (TPSA) is 63.2 Å². The molecule has 0 amide bonds. The number of methoxy groups -OCH3 is 1. The molecule has 0 aromatic carbocycles. The van der Waals surface area contributed by atoms with Gasteiger partial charge >= 0.3 is 0 Å². The van der Waals surface area contributed by atoms with Crippen LogP contribution in [-0.2, 0) is 6.54 Å². The first-order valence-electron chi connectivity index (χ1n) is 6.50. The molecule has 6 nitrogen and oxygen atoms in total. The average Bonchev–Trinajstić information content (AvgIpc) is 2.52. The number of hydrogen-bond donors (Lipinski definition) is 1. The lowest BCUT2D eigenvalue weighted by Gasteiger charge is -2.16. The Labute approximate surface area is 118 Å². The minimum atomic E-state index is 0.545. The largest absolute Gasteiger partial charge is 0.481 e. The molecule has 0 atom stereocenters. The maximum Gasteiger partial charge on any atom is 0.226 e. The maximum atomic E-state index is 5.06. The summed E-state index contributed by atoms with van der Waals surface area (Å²) >= 11 is 0. The third-order valence-corrected chi connectivity index (χ3v) is 2.97. The Balaban J connectivity index is 2.03. The van der Waals surface area contributed by atoms with Gasteiger partial charge in [-0.15, -0.1) is 0 Å². The van der Waals surface area contributed by atoms with E-state index < -0.39 is 0 Å². The monoisotopic (exact) mass is 273 g/mol. The molecule has 0 saturated carbocycles. The Bertz CT molecular complexity index is 561. The van der Waals surface area contributed by atoms with Crippen molar-refractivity contribution in [2.75, 3.05) is 30.9 Å². The molecule has 2 aromatic heterocycles. The summed E-state index contributed by atoms with van der Waals surface area (Å²) in [4.78, 5) is 14.8. The van der Waals surface area contributed by atoms with Crippen LogP contribution >= 0.6 is 0 Å². The zero-order valence-electron chi connectivity index (χ0n) is 12.0. The van der Waals surface area contributed by atoms with Crippen LogP contribution in [0.1, 0.15) is 12.5 Å². The second kappa shape index (κ2) is 6.70. The van der Waals surface area contributed by atoms with Gasteiger partial charge in [-0.3, -0.25) is 0 Å². The molecule has 0 radical (unpaired) electrons. The van der Waals surface area contributed by atoms with Crippen molar-refractivity contribution in [3.8, 4) is 5.88 Å². The molecule has 20 heavy (non-hydrogen) atoms. The summed E-state index contributed by atoms with van der Waals surface area (Å²) in [6, 6.07) is 5.74. The van der Waals surface area contributed by atoms with E-state index in [1.54, 1.807) is 19.4 Å². The second-order valence-electron chi connectivity index (χ2n) is 4.31. The van der Waals surface area contributed by atoms with Crippen LogP contribution in [-0.4, -0.2) is 35.7 Å². The van der Waals surface area contributed by atoms with Gasteiger partial charge in [0.05, 0.1) is 7.11 Å². The first-order chi connectivity index (χ1) is 9.72. The molecule has 0 fully saturated rings. The van der Waals surface area contributed by atoms with Crippen molar-refractivity contribution in [3.05, 3.63) is 36.2 Å². The van der Waals surface area contributed by atoms with E-state index in [1.807, 2.05) is 19.3 Å². The summed E-state index contributed by atoms with van der Waals surface area (Å²) in [5.41, 5.74) is 1.13. The molecule has 2 heterocycles. The lowest BCUT2D eigenvalue weighted by atomic mass is 10.2. The van der Waals surface area contributed by atoms with Crippen molar-refractivity contribution in [2.45, 2.75) is 13.5 Å². The number of aromatic nitrogens is 3. The molecule has 6 heteroatoms. The summed E-state index contributed by atoms with van der Waals surface area (Å²) < 4.78 is 5.06. The lowest BCUT2D eigenvalue weighted by molar-refractivity contribution is 0.397. The van der Waals surface area contributed by atoms with E-state index in [-0.39, 0.29) is 0 Å². The van der Waals surface area contributed by atoms with Crippen molar-refractivity contribution >= 4 is 11.8 Å². The van der Waals surface area contributed by atoms with Crippen LogP contribution in [0.4, 0.5) is 11.8 Å². The summed E-state index contributed by atoms with van der Waals surface area (Å²) in [5.74, 6) is 2.05. The van der Waals surface area contributed by atoms with Gasteiger partial charge in [0.25, 0.3) is 0 Å². The van der Waals surface area contributed by atoms with Crippen molar-refractivity contribution in [1.82, 2.24) is 15.0 Å². The number of nitrogens with one attached hydrogen (secondary N) is 1. The van der Waals surface area contributed by atoms with E-state index >= 15 is 0 Å². The van der Waals surface area contributed by atoms with E-state index in [4.69, 9.17) is 4.74 Å². The van der Waals surface area contributed by atoms with E-state index in [0.717, 1.165) is 17.9 Å². The number of anilines is 2. The molecule has 1 N–H and O–H groups in total. The van der Waals surface area contributed by atoms with Gasteiger partial charge in [-0.25, -0.2) is 9.97 Å². The van der Waals surface area contributed by atoms with Gasteiger partial charge in [0.15, 0.2) is 0 Å². The molecule has 0 unspecified atom stereocenters. The maximum absolute atomic E-state index is 5.06. The van der Waals surface area contributed by atoms with Crippen LogP contribution in [0.25, 0.3) is 0 Å². The van der Waals surface area contributed by atoms with Crippen molar-refractivity contribution < 1.29 is 4.74 Å². The first kappa shape index (κ1) is 14.0. The van der Waals surface area contributed by atoms with Crippen molar-refractivity contribution in [3.63, 3.8) is 0 Å². The smallest absolute Gasteiger partial charge is 0.226 e. The minimum absolute atomic E-state index is 0.545. The summed E-state index contributed by atoms with van der Waals surface area (Å²) in [6.45, 7) is 3.65. The van der Waals surface area contributed by atoms with E-state index in [1.165, 1.54) is 0 Å². The Hall–Kier alpha value is -2.37. The zero-order valence-corrected chi connectivity index (χ0v) is 12.0. The Morgan fingerprint density at radius 1 is 1.25 bits per heavy atom. The lowest BCUT2D eigenvalue weighted by Crippen LogP contribution is -2.17. The van der Waals surface area contributed by atoms with Crippen LogP contribution < -0.4 is 15.0 Å². The summed E-state index contributed by atoms with van der Waals surface area (Å²) in [6.07, 6.45) is 3.47. The fraction of sp³-hybridized carbons (Fsp3) is 0.357. The molecule has 0 aliphatic carbocycles. The van der Waals surface area contributed by atoms with Crippen molar-refractivity contribution in [2.24, 2.45) is 0 Å². The van der Waals surface area contributed by atoms with Gasteiger partial charge in [-0.05, 0) is 24.6 Å². The van der Waals surface area contributed by atoms with Crippen LogP contribution in [0, 0.1) is 0 Å². The molecule has 2 rings (SSSR count).